The van der Waals surface area contributed by atoms with Gasteiger partial charge in [-0.2, -0.15) is 0 Å². The van der Waals surface area contributed by atoms with Gasteiger partial charge in [0.25, 0.3) is 6.43 Å². The molecule has 3 aromatic rings. The quantitative estimate of drug-likeness (QED) is 0.708. The van der Waals surface area contributed by atoms with Gasteiger partial charge in [-0.15, -0.1) is 10.2 Å². The van der Waals surface area contributed by atoms with E-state index < -0.39 is 32.8 Å². The molecule has 138 valence electrons. The Kier molecular flexibility index (Phi) is 3.82. The minimum atomic E-state index is -3.95. The number of imidazole rings is 1. The summed E-state index contributed by atoms with van der Waals surface area (Å²) in [6.07, 6.45) is 1.05. The monoisotopic (exact) mass is 403 g/mol. The van der Waals surface area contributed by atoms with Crippen molar-refractivity contribution < 1.29 is 21.6 Å². The Hall–Kier alpha value is -2.05. The number of hydrogen-bond acceptors (Lipinski definition) is 6. The molecule has 0 aliphatic heterocycles. The molecule has 0 aromatic carbocycles. The van der Waals surface area contributed by atoms with E-state index >= 15 is 0 Å². The normalized spacial score (nSPS) is 16.5. The largest absolute Gasteiger partial charge is 0.294 e. The van der Waals surface area contributed by atoms with E-state index in [0.29, 0.717) is 24.2 Å². The second-order valence-electron chi connectivity index (χ2n) is 6.27. The highest BCUT2D eigenvalue weighted by molar-refractivity contribution is 7.89. The maximum atomic E-state index is 14.4. The summed E-state index contributed by atoms with van der Waals surface area (Å²) in [7, 11) is -3.95. The molecule has 1 saturated carbocycles. The first-order valence-corrected chi connectivity index (χ1v) is 9.81. The SMILES string of the molecule is CC1(NS(=O)(=O)c2cc(F)c3ncc(-c4nnc(C(F)F)s4)n3c2)CC1. The Labute approximate surface area is 150 Å². The number of sulfonamides is 1. The average molecular weight is 403 g/mol. The van der Waals surface area contributed by atoms with Gasteiger partial charge in [0.2, 0.25) is 10.0 Å². The van der Waals surface area contributed by atoms with Gasteiger partial charge in [0.1, 0.15) is 10.6 Å². The topological polar surface area (TPSA) is 89.2 Å². The summed E-state index contributed by atoms with van der Waals surface area (Å²) in [6, 6.07) is 0.880. The number of alkyl halides is 2. The molecule has 12 heteroatoms. The number of hydrogen-bond donors (Lipinski definition) is 1. The zero-order valence-electron chi connectivity index (χ0n) is 13.3. The van der Waals surface area contributed by atoms with Crippen molar-refractivity contribution in [3.63, 3.8) is 0 Å². The van der Waals surface area contributed by atoms with E-state index in [0.717, 1.165) is 6.07 Å². The van der Waals surface area contributed by atoms with Crippen LogP contribution in [0.15, 0.2) is 23.4 Å². The third-order valence-corrected chi connectivity index (χ3v) is 6.63. The molecular formula is C14H12F3N5O2S2. The van der Waals surface area contributed by atoms with Gasteiger partial charge in [-0.1, -0.05) is 11.3 Å². The lowest BCUT2D eigenvalue weighted by Crippen LogP contribution is -2.34. The van der Waals surface area contributed by atoms with Crippen LogP contribution in [0.1, 0.15) is 31.2 Å². The number of aromatic nitrogens is 4. The fraction of sp³-hybridized carbons (Fsp3) is 0.357. The molecule has 3 heterocycles. The summed E-state index contributed by atoms with van der Waals surface area (Å²) in [5.74, 6) is -0.848. The lowest BCUT2D eigenvalue weighted by Gasteiger charge is -2.12. The molecule has 0 saturated heterocycles. The lowest BCUT2D eigenvalue weighted by molar-refractivity contribution is 0.150. The minimum Gasteiger partial charge on any atom is -0.294 e. The fourth-order valence-electron chi connectivity index (χ4n) is 2.43. The van der Waals surface area contributed by atoms with E-state index in [4.69, 9.17) is 0 Å². The third-order valence-electron chi connectivity index (χ3n) is 4.07. The van der Waals surface area contributed by atoms with Crippen molar-refractivity contribution in [2.24, 2.45) is 0 Å². The first kappa shape index (κ1) is 17.4. The third kappa shape index (κ3) is 2.97. The van der Waals surface area contributed by atoms with Crippen molar-refractivity contribution >= 4 is 27.0 Å². The molecule has 0 radical (unpaired) electrons. The second-order valence-corrected chi connectivity index (χ2v) is 8.96. The number of pyridine rings is 1. The molecule has 0 spiro atoms. The van der Waals surface area contributed by atoms with Crippen molar-refractivity contribution in [1.29, 1.82) is 0 Å². The second kappa shape index (κ2) is 5.72. The van der Waals surface area contributed by atoms with Crippen LogP contribution in [0, 0.1) is 5.82 Å². The highest BCUT2D eigenvalue weighted by Gasteiger charge is 2.41. The van der Waals surface area contributed by atoms with E-state index in [-0.39, 0.29) is 21.2 Å². The maximum Gasteiger partial charge on any atom is 0.291 e. The minimum absolute atomic E-state index is 0.0869. The Balaban J connectivity index is 1.82. The summed E-state index contributed by atoms with van der Waals surface area (Å²) < 4.78 is 68.5. The Morgan fingerprint density at radius 2 is 2.08 bits per heavy atom. The predicted molar refractivity (Wildman–Crippen MR) is 87.0 cm³/mol. The molecule has 4 rings (SSSR count). The van der Waals surface area contributed by atoms with E-state index in [1.165, 1.54) is 16.8 Å². The van der Waals surface area contributed by atoms with Gasteiger partial charge < -0.3 is 0 Å². The average Bonchev–Trinajstić information content (AvgIpc) is 3.00. The van der Waals surface area contributed by atoms with Crippen LogP contribution < -0.4 is 4.72 Å². The smallest absolute Gasteiger partial charge is 0.291 e. The highest BCUT2D eigenvalue weighted by atomic mass is 32.2. The molecule has 1 N–H and O–H groups in total. The molecule has 0 atom stereocenters. The molecule has 1 aliphatic carbocycles. The molecule has 7 nitrogen and oxygen atoms in total. The Bertz CT molecular complexity index is 1110. The van der Waals surface area contributed by atoms with Gasteiger partial charge in [-0.05, 0) is 25.8 Å². The molecule has 0 unspecified atom stereocenters. The van der Waals surface area contributed by atoms with Crippen LogP contribution >= 0.6 is 11.3 Å². The Morgan fingerprint density at radius 1 is 1.35 bits per heavy atom. The Morgan fingerprint density at radius 3 is 2.69 bits per heavy atom. The molecule has 26 heavy (non-hydrogen) atoms. The van der Waals surface area contributed by atoms with Crippen LogP contribution in [0.2, 0.25) is 0 Å². The number of nitrogens with zero attached hydrogens (tertiary/aromatic N) is 4. The lowest BCUT2D eigenvalue weighted by atomic mass is 10.4. The highest BCUT2D eigenvalue weighted by Crippen LogP contribution is 2.36. The van der Waals surface area contributed by atoms with Gasteiger partial charge in [-0.3, -0.25) is 4.40 Å². The van der Waals surface area contributed by atoms with Crippen LogP contribution in [0.3, 0.4) is 0 Å². The van der Waals surface area contributed by atoms with Gasteiger partial charge in [0.05, 0.1) is 6.20 Å². The van der Waals surface area contributed by atoms with Crippen molar-refractivity contribution in [2.75, 3.05) is 0 Å². The number of nitrogens with one attached hydrogen (secondary N) is 1. The van der Waals surface area contributed by atoms with Crippen LogP contribution in [0.25, 0.3) is 16.3 Å². The number of halogens is 3. The van der Waals surface area contributed by atoms with Crippen molar-refractivity contribution in [3.8, 4) is 10.7 Å². The predicted octanol–water partition coefficient (Wildman–Crippen LogP) is 2.76. The first-order valence-electron chi connectivity index (χ1n) is 7.51. The summed E-state index contributed by atoms with van der Waals surface area (Å²) in [6.45, 7) is 1.76. The molecule has 3 aromatic heterocycles. The first-order chi connectivity index (χ1) is 12.2. The van der Waals surface area contributed by atoms with Gasteiger partial charge >= 0.3 is 0 Å². The van der Waals surface area contributed by atoms with Crippen LogP contribution in [-0.2, 0) is 10.0 Å². The van der Waals surface area contributed by atoms with Gasteiger partial charge in [0.15, 0.2) is 21.5 Å². The summed E-state index contributed by atoms with van der Waals surface area (Å²) in [4.78, 5) is 3.60. The standard InChI is InChI=1S/C14H12F3N5O2S2/c1-14(2-3-14)21-26(23,24)7-4-8(15)11-18-5-9(22(11)6-7)12-19-20-13(25-12)10(16)17/h4-6,10,21H,2-3H2,1H3. The molecule has 0 amide bonds. The number of fused-ring (bicyclic) bond motifs is 1. The van der Waals surface area contributed by atoms with Crippen molar-refractivity contribution in [2.45, 2.75) is 36.6 Å². The van der Waals surface area contributed by atoms with E-state index in [1.807, 2.05) is 0 Å². The fourth-order valence-corrected chi connectivity index (χ4v) is 4.61. The van der Waals surface area contributed by atoms with Crippen LogP contribution in [0.5, 0.6) is 0 Å². The van der Waals surface area contributed by atoms with Crippen LogP contribution in [-0.4, -0.2) is 33.5 Å². The van der Waals surface area contributed by atoms with Gasteiger partial charge in [0, 0.05) is 11.7 Å². The van der Waals surface area contributed by atoms with E-state index in [2.05, 4.69) is 19.9 Å². The summed E-state index contributed by atoms with van der Waals surface area (Å²) in [5.41, 5.74) is -0.476. The number of rotatable bonds is 5. The molecule has 1 aliphatic rings. The van der Waals surface area contributed by atoms with Crippen LogP contribution in [0.4, 0.5) is 13.2 Å². The zero-order valence-corrected chi connectivity index (χ0v) is 14.9. The van der Waals surface area contributed by atoms with Gasteiger partial charge in [-0.25, -0.2) is 31.3 Å². The van der Waals surface area contributed by atoms with Crippen molar-refractivity contribution in [1.82, 2.24) is 24.3 Å². The zero-order chi connectivity index (χ0) is 18.7. The van der Waals surface area contributed by atoms with E-state index in [1.54, 1.807) is 6.92 Å². The van der Waals surface area contributed by atoms with E-state index in [9.17, 15) is 21.6 Å². The molecular weight excluding hydrogens is 391 g/mol. The summed E-state index contributed by atoms with van der Waals surface area (Å²) >= 11 is 0.632. The molecule has 1 fully saturated rings. The summed E-state index contributed by atoms with van der Waals surface area (Å²) in [5, 5.41) is 6.65. The maximum absolute atomic E-state index is 14.4. The van der Waals surface area contributed by atoms with Crippen molar-refractivity contribution in [3.05, 3.63) is 29.3 Å². The molecule has 0 bridgehead atoms.